The minimum atomic E-state index is -0.382. The zero-order chi connectivity index (χ0) is 13.5. The van der Waals surface area contributed by atoms with Crippen LogP contribution in [0, 0.1) is 5.82 Å². The van der Waals surface area contributed by atoms with Gasteiger partial charge >= 0.3 is 6.03 Å². The Balaban J connectivity index is 2.49. The van der Waals surface area contributed by atoms with E-state index in [2.05, 4.69) is 26.6 Å². The molecule has 1 rings (SSSR count). The molecule has 0 aliphatic heterocycles. The number of carbonyl (C=O) groups is 1. The standard InChI is InChI=1S/C12H16BrFN2O2/c1-2-10(7-17)16-12(18)15-6-8-5-9(14)3-4-11(8)13/h3-5,10,17H,2,6-7H2,1H3,(H2,15,16,18). The number of carbonyl (C=O) groups excluding carboxylic acids is 1. The third-order valence-corrected chi connectivity index (χ3v) is 3.27. The van der Waals surface area contributed by atoms with Crippen LogP contribution in [0.1, 0.15) is 18.9 Å². The lowest BCUT2D eigenvalue weighted by molar-refractivity contribution is 0.214. The third kappa shape index (κ3) is 4.62. The van der Waals surface area contributed by atoms with Gasteiger partial charge in [0.15, 0.2) is 0 Å². The molecule has 4 nitrogen and oxygen atoms in total. The predicted octanol–water partition coefficient (Wildman–Crippen LogP) is 2.16. The second kappa shape index (κ2) is 7.33. The molecule has 0 aliphatic carbocycles. The minimum absolute atomic E-state index is 0.104. The van der Waals surface area contributed by atoms with E-state index in [-0.39, 0.29) is 31.0 Å². The SMILES string of the molecule is CCC(CO)NC(=O)NCc1cc(F)ccc1Br. The first-order chi connectivity index (χ1) is 8.56. The van der Waals surface area contributed by atoms with E-state index >= 15 is 0 Å². The Morgan fingerprint density at radius 2 is 2.28 bits per heavy atom. The lowest BCUT2D eigenvalue weighted by atomic mass is 10.2. The van der Waals surface area contributed by atoms with Gasteiger partial charge in [-0.15, -0.1) is 0 Å². The normalized spacial score (nSPS) is 12.0. The van der Waals surface area contributed by atoms with Crippen LogP contribution in [-0.4, -0.2) is 23.8 Å². The van der Waals surface area contributed by atoms with Crippen LogP contribution >= 0.6 is 15.9 Å². The van der Waals surface area contributed by atoms with Crippen LogP contribution in [-0.2, 0) is 6.54 Å². The molecule has 0 spiro atoms. The molecule has 0 saturated heterocycles. The van der Waals surface area contributed by atoms with Crippen molar-refractivity contribution in [3.8, 4) is 0 Å². The fourth-order valence-electron chi connectivity index (χ4n) is 1.37. The van der Waals surface area contributed by atoms with Crippen LogP contribution in [0.3, 0.4) is 0 Å². The Labute approximate surface area is 114 Å². The summed E-state index contributed by atoms with van der Waals surface area (Å²) in [5.41, 5.74) is 0.655. The number of halogens is 2. The number of rotatable bonds is 5. The maximum atomic E-state index is 13.0. The lowest BCUT2D eigenvalue weighted by Gasteiger charge is -2.15. The van der Waals surface area contributed by atoms with E-state index in [0.29, 0.717) is 12.0 Å². The molecule has 0 aromatic heterocycles. The summed E-state index contributed by atoms with van der Waals surface area (Å²) in [6, 6.07) is 3.64. The van der Waals surface area contributed by atoms with Crippen LogP contribution in [0.5, 0.6) is 0 Å². The van der Waals surface area contributed by atoms with Gasteiger partial charge in [0.1, 0.15) is 5.82 Å². The van der Waals surface area contributed by atoms with E-state index in [0.717, 1.165) is 4.47 Å². The van der Waals surface area contributed by atoms with Gasteiger partial charge in [-0.05, 0) is 30.2 Å². The number of nitrogens with one attached hydrogen (secondary N) is 2. The summed E-state index contributed by atoms with van der Waals surface area (Å²) in [7, 11) is 0. The van der Waals surface area contributed by atoms with Crippen LogP contribution in [0.4, 0.5) is 9.18 Å². The molecule has 0 fully saturated rings. The molecular weight excluding hydrogens is 303 g/mol. The van der Waals surface area contributed by atoms with Crippen molar-refractivity contribution in [3.63, 3.8) is 0 Å². The van der Waals surface area contributed by atoms with Gasteiger partial charge < -0.3 is 15.7 Å². The van der Waals surface area contributed by atoms with E-state index in [1.54, 1.807) is 6.07 Å². The lowest BCUT2D eigenvalue weighted by Crippen LogP contribution is -2.43. The van der Waals surface area contributed by atoms with Gasteiger partial charge in [0.25, 0.3) is 0 Å². The molecule has 0 heterocycles. The number of aliphatic hydroxyl groups is 1. The molecule has 1 atom stereocenters. The van der Waals surface area contributed by atoms with Crippen molar-refractivity contribution in [2.24, 2.45) is 0 Å². The van der Waals surface area contributed by atoms with Gasteiger partial charge in [-0.25, -0.2) is 9.18 Å². The fraction of sp³-hybridized carbons (Fsp3) is 0.417. The number of urea groups is 1. The Morgan fingerprint density at radius 1 is 1.56 bits per heavy atom. The number of aliphatic hydroxyl groups excluding tert-OH is 1. The highest BCUT2D eigenvalue weighted by Gasteiger charge is 2.09. The van der Waals surface area contributed by atoms with E-state index < -0.39 is 0 Å². The first kappa shape index (κ1) is 14.9. The highest BCUT2D eigenvalue weighted by molar-refractivity contribution is 9.10. The highest BCUT2D eigenvalue weighted by Crippen LogP contribution is 2.17. The van der Waals surface area contributed by atoms with Gasteiger partial charge in [-0.2, -0.15) is 0 Å². The first-order valence-corrected chi connectivity index (χ1v) is 6.45. The monoisotopic (exact) mass is 318 g/mol. The summed E-state index contributed by atoms with van der Waals surface area (Å²) < 4.78 is 13.7. The van der Waals surface area contributed by atoms with Gasteiger partial charge in [-0.3, -0.25) is 0 Å². The molecule has 18 heavy (non-hydrogen) atoms. The van der Waals surface area contributed by atoms with Gasteiger partial charge in [0.2, 0.25) is 0 Å². The predicted molar refractivity (Wildman–Crippen MR) is 70.6 cm³/mol. The summed E-state index contributed by atoms with van der Waals surface area (Å²) >= 11 is 3.28. The molecule has 2 amide bonds. The van der Waals surface area contributed by atoms with Crippen LogP contribution in [0.15, 0.2) is 22.7 Å². The summed E-state index contributed by atoms with van der Waals surface area (Å²) in [4.78, 5) is 11.5. The summed E-state index contributed by atoms with van der Waals surface area (Å²) in [5.74, 6) is -0.350. The molecule has 1 unspecified atom stereocenters. The largest absolute Gasteiger partial charge is 0.394 e. The van der Waals surface area contributed by atoms with Crippen molar-refractivity contribution in [1.82, 2.24) is 10.6 Å². The highest BCUT2D eigenvalue weighted by atomic mass is 79.9. The number of amides is 2. The van der Waals surface area contributed by atoms with Gasteiger partial charge in [-0.1, -0.05) is 22.9 Å². The second-order valence-electron chi connectivity index (χ2n) is 3.85. The van der Waals surface area contributed by atoms with Crippen molar-refractivity contribution in [1.29, 1.82) is 0 Å². The molecule has 0 radical (unpaired) electrons. The molecule has 1 aromatic carbocycles. The first-order valence-electron chi connectivity index (χ1n) is 5.66. The third-order valence-electron chi connectivity index (χ3n) is 2.50. The van der Waals surface area contributed by atoms with Crippen LogP contribution < -0.4 is 10.6 Å². The molecule has 100 valence electrons. The van der Waals surface area contributed by atoms with Crippen molar-refractivity contribution in [3.05, 3.63) is 34.1 Å². The Morgan fingerprint density at radius 3 is 2.89 bits per heavy atom. The summed E-state index contributed by atoms with van der Waals surface area (Å²) in [6.07, 6.45) is 0.646. The maximum Gasteiger partial charge on any atom is 0.315 e. The zero-order valence-electron chi connectivity index (χ0n) is 10.0. The molecule has 6 heteroatoms. The molecule has 0 bridgehead atoms. The Kier molecular flexibility index (Phi) is 6.07. The molecule has 0 aliphatic rings. The van der Waals surface area contributed by atoms with E-state index in [1.165, 1.54) is 12.1 Å². The smallest absolute Gasteiger partial charge is 0.315 e. The number of hydrogen-bond acceptors (Lipinski definition) is 2. The zero-order valence-corrected chi connectivity index (χ0v) is 11.6. The van der Waals surface area contributed by atoms with Crippen molar-refractivity contribution < 1.29 is 14.3 Å². The quantitative estimate of drug-likeness (QED) is 0.779. The van der Waals surface area contributed by atoms with E-state index in [1.807, 2.05) is 6.92 Å². The number of hydrogen-bond donors (Lipinski definition) is 3. The second-order valence-corrected chi connectivity index (χ2v) is 4.70. The Hall–Kier alpha value is -1.14. The summed E-state index contributed by atoms with van der Waals surface area (Å²) in [5, 5.41) is 14.2. The average molecular weight is 319 g/mol. The van der Waals surface area contributed by atoms with Crippen LogP contribution in [0.25, 0.3) is 0 Å². The molecule has 1 aromatic rings. The van der Waals surface area contributed by atoms with Crippen molar-refractivity contribution >= 4 is 22.0 Å². The van der Waals surface area contributed by atoms with Crippen molar-refractivity contribution in [2.75, 3.05) is 6.61 Å². The van der Waals surface area contributed by atoms with Gasteiger partial charge in [0, 0.05) is 11.0 Å². The average Bonchev–Trinajstić information content (AvgIpc) is 2.37. The topological polar surface area (TPSA) is 61.4 Å². The number of benzene rings is 1. The van der Waals surface area contributed by atoms with Crippen molar-refractivity contribution in [2.45, 2.75) is 25.9 Å². The van der Waals surface area contributed by atoms with E-state index in [4.69, 9.17) is 5.11 Å². The van der Waals surface area contributed by atoms with Gasteiger partial charge in [0.05, 0.1) is 12.6 Å². The minimum Gasteiger partial charge on any atom is -0.394 e. The molecular formula is C12H16BrFN2O2. The summed E-state index contributed by atoms with van der Waals surface area (Å²) in [6.45, 7) is 1.98. The maximum absolute atomic E-state index is 13.0. The fourth-order valence-corrected chi connectivity index (χ4v) is 1.75. The molecule has 3 N–H and O–H groups in total. The van der Waals surface area contributed by atoms with E-state index in [9.17, 15) is 9.18 Å². The van der Waals surface area contributed by atoms with Crippen LogP contribution in [0.2, 0.25) is 0 Å². The Bertz CT molecular complexity index is 411. The molecule has 0 saturated carbocycles.